The van der Waals surface area contributed by atoms with Crippen molar-refractivity contribution in [1.29, 1.82) is 0 Å². The highest BCUT2D eigenvalue weighted by Crippen LogP contribution is 2.38. The highest BCUT2D eigenvalue weighted by Gasteiger charge is 2.48. The van der Waals surface area contributed by atoms with Crippen LogP contribution in [0.2, 0.25) is 0 Å². The molecule has 0 aromatic heterocycles. The van der Waals surface area contributed by atoms with Gasteiger partial charge in [0.05, 0.1) is 4.90 Å². The predicted octanol–water partition coefficient (Wildman–Crippen LogP) is 2.84. The Hall–Kier alpha value is -1.24. The Kier molecular flexibility index (Phi) is 4.23. The zero-order valence-electron chi connectivity index (χ0n) is 13.7. The number of rotatable bonds is 3. The minimum atomic E-state index is -3.92. The van der Waals surface area contributed by atoms with Crippen LogP contribution in [0, 0.1) is 6.92 Å². The average molecular weight is 325 g/mol. The number of aryl methyl sites for hydroxylation is 1. The summed E-state index contributed by atoms with van der Waals surface area (Å²) in [4.78, 5) is 12.0. The van der Waals surface area contributed by atoms with Gasteiger partial charge in [-0.1, -0.05) is 17.7 Å². The summed E-state index contributed by atoms with van der Waals surface area (Å²) in [7, 11) is -3.92. The molecule has 5 nitrogen and oxygen atoms in total. The first-order chi connectivity index (χ1) is 9.94. The first-order valence-electron chi connectivity index (χ1n) is 7.27. The Morgan fingerprint density at radius 2 is 1.45 bits per heavy atom. The fourth-order valence-corrected chi connectivity index (χ4v) is 4.19. The lowest BCUT2D eigenvalue weighted by Gasteiger charge is -2.49. The van der Waals surface area contributed by atoms with Crippen molar-refractivity contribution in [3.63, 3.8) is 0 Å². The summed E-state index contributed by atoms with van der Waals surface area (Å²) in [6, 6.07) is 6.51. The molecule has 122 valence electrons. The molecule has 0 unspecified atom stereocenters. The fraction of sp³-hybridized carbons (Fsp3) is 0.562. The van der Waals surface area contributed by atoms with Crippen molar-refractivity contribution >= 4 is 15.9 Å². The number of carbonyl (C=O) groups excluding carboxylic acids is 1. The summed E-state index contributed by atoms with van der Waals surface area (Å²) in [5.74, 6) is 0.114. The number of benzene rings is 1. The van der Waals surface area contributed by atoms with Crippen LogP contribution in [0.4, 0.5) is 0 Å². The average Bonchev–Trinajstić information content (AvgIpc) is 2.33. The third kappa shape index (κ3) is 3.39. The first-order valence-corrected chi connectivity index (χ1v) is 8.68. The molecular weight excluding hydrogens is 302 g/mol. The Balaban J connectivity index is 2.34. The highest BCUT2D eigenvalue weighted by molar-refractivity contribution is 7.86. The van der Waals surface area contributed by atoms with Crippen molar-refractivity contribution in [3.8, 4) is 0 Å². The van der Waals surface area contributed by atoms with Gasteiger partial charge < -0.3 is 0 Å². The van der Waals surface area contributed by atoms with Gasteiger partial charge in [-0.2, -0.15) is 17.8 Å². The maximum Gasteiger partial charge on any atom is 0.313 e. The highest BCUT2D eigenvalue weighted by atomic mass is 32.2. The second-order valence-corrected chi connectivity index (χ2v) is 8.68. The molecule has 1 fully saturated rings. The molecular formula is C16H23NO4S. The molecule has 1 aliphatic rings. The molecule has 0 N–H and O–H groups in total. The molecule has 0 amide bonds. The normalized spacial score (nSPS) is 21.8. The molecule has 0 bridgehead atoms. The van der Waals surface area contributed by atoms with Gasteiger partial charge in [0.25, 0.3) is 0 Å². The summed E-state index contributed by atoms with van der Waals surface area (Å²) in [5.41, 5.74) is -0.393. The molecule has 1 aromatic carbocycles. The van der Waals surface area contributed by atoms with E-state index < -0.39 is 21.2 Å². The van der Waals surface area contributed by atoms with Gasteiger partial charge in [0, 0.05) is 23.9 Å². The van der Waals surface area contributed by atoms with E-state index in [2.05, 4.69) is 0 Å². The number of Topliss-reactive ketones (excluding diaryl/α,β-unsaturated/α-hetero) is 1. The largest absolute Gasteiger partial charge is 0.313 e. The van der Waals surface area contributed by atoms with E-state index in [-0.39, 0.29) is 23.5 Å². The van der Waals surface area contributed by atoms with Gasteiger partial charge in [-0.3, -0.25) is 4.79 Å². The number of hydrogen-bond donors (Lipinski definition) is 0. The van der Waals surface area contributed by atoms with E-state index >= 15 is 0 Å². The van der Waals surface area contributed by atoms with Gasteiger partial charge in [0.15, 0.2) is 0 Å². The Morgan fingerprint density at radius 3 is 1.91 bits per heavy atom. The SMILES string of the molecule is Cc1ccc(S(=O)(=O)ON2C(C)(C)CC(=O)CC2(C)C)cc1. The molecule has 0 aliphatic carbocycles. The van der Waals surface area contributed by atoms with Gasteiger partial charge in [0.1, 0.15) is 5.78 Å². The number of piperidine rings is 1. The van der Waals surface area contributed by atoms with Gasteiger partial charge in [-0.05, 0) is 46.8 Å². The van der Waals surface area contributed by atoms with E-state index in [1.807, 2.05) is 34.6 Å². The molecule has 0 saturated carbocycles. The second kappa shape index (κ2) is 5.44. The van der Waals surface area contributed by atoms with Crippen LogP contribution in [-0.2, 0) is 19.2 Å². The molecule has 1 aromatic rings. The van der Waals surface area contributed by atoms with E-state index in [0.717, 1.165) is 5.56 Å². The monoisotopic (exact) mass is 325 g/mol. The summed E-state index contributed by atoms with van der Waals surface area (Å²) in [5, 5.41) is 1.45. The van der Waals surface area contributed by atoms with Crippen LogP contribution in [-0.4, -0.2) is 30.3 Å². The summed E-state index contributed by atoms with van der Waals surface area (Å²) < 4.78 is 30.5. The minimum Gasteiger partial charge on any atom is -0.300 e. The van der Waals surface area contributed by atoms with Crippen LogP contribution < -0.4 is 0 Å². The van der Waals surface area contributed by atoms with E-state index in [9.17, 15) is 13.2 Å². The molecule has 2 rings (SSSR count). The minimum absolute atomic E-state index is 0.113. The van der Waals surface area contributed by atoms with Crippen molar-refractivity contribution in [2.75, 3.05) is 0 Å². The topological polar surface area (TPSA) is 63.7 Å². The maximum atomic E-state index is 12.5. The Labute approximate surface area is 132 Å². The molecule has 0 spiro atoms. The van der Waals surface area contributed by atoms with Crippen LogP contribution in [0.3, 0.4) is 0 Å². The number of hydroxylamine groups is 2. The molecule has 1 heterocycles. The van der Waals surface area contributed by atoms with E-state index in [1.165, 1.54) is 17.2 Å². The lowest BCUT2D eigenvalue weighted by Crippen LogP contribution is -2.61. The summed E-state index contributed by atoms with van der Waals surface area (Å²) >= 11 is 0. The summed E-state index contributed by atoms with van der Waals surface area (Å²) in [6.45, 7) is 9.15. The molecule has 1 saturated heterocycles. The second-order valence-electron chi connectivity index (χ2n) is 7.15. The maximum absolute atomic E-state index is 12.5. The van der Waals surface area contributed by atoms with E-state index in [4.69, 9.17) is 4.28 Å². The van der Waals surface area contributed by atoms with Crippen molar-refractivity contribution in [1.82, 2.24) is 5.06 Å². The summed E-state index contributed by atoms with van der Waals surface area (Å²) in [6.07, 6.45) is 0.527. The zero-order valence-corrected chi connectivity index (χ0v) is 14.5. The quantitative estimate of drug-likeness (QED) is 0.855. The van der Waals surface area contributed by atoms with Gasteiger partial charge in [-0.15, -0.1) is 0 Å². The molecule has 1 aliphatic heterocycles. The third-order valence-corrected chi connectivity index (χ3v) is 5.04. The van der Waals surface area contributed by atoms with Crippen LogP contribution in [0.25, 0.3) is 0 Å². The number of carbonyl (C=O) groups is 1. The lowest BCUT2D eigenvalue weighted by molar-refractivity contribution is -0.211. The van der Waals surface area contributed by atoms with Crippen LogP contribution >= 0.6 is 0 Å². The third-order valence-electron chi connectivity index (χ3n) is 3.84. The zero-order chi connectivity index (χ0) is 16.8. The molecule has 0 radical (unpaired) electrons. The smallest absolute Gasteiger partial charge is 0.300 e. The van der Waals surface area contributed by atoms with Gasteiger partial charge in [0.2, 0.25) is 0 Å². The fourth-order valence-electron chi connectivity index (χ4n) is 3.04. The van der Waals surface area contributed by atoms with Crippen LogP contribution in [0.5, 0.6) is 0 Å². The van der Waals surface area contributed by atoms with Crippen molar-refractivity contribution < 1.29 is 17.5 Å². The first kappa shape index (κ1) is 17.1. The van der Waals surface area contributed by atoms with E-state index in [1.54, 1.807) is 12.1 Å². The van der Waals surface area contributed by atoms with Gasteiger partial charge in [-0.25, -0.2) is 0 Å². The molecule has 22 heavy (non-hydrogen) atoms. The number of nitrogens with zero attached hydrogens (tertiary/aromatic N) is 1. The lowest BCUT2D eigenvalue weighted by atomic mass is 9.81. The molecule has 0 atom stereocenters. The van der Waals surface area contributed by atoms with Crippen molar-refractivity contribution in [3.05, 3.63) is 29.8 Å². The standard InChI is InChI=1S/C16H23NO4S/c1-12-6-8-14(9-7-12)22(19,20)21-17-15(2,3)10-13(18)11-16(17,4)5/h6-9H,10-11H2,1-5H3. The predicted molar refractivity (Wildman–Crippen MR) is 83.7 cm³/mol. The van der Waals surface area contributed by atoms with E-state index in [0.29, 0.717) is 0 Å². The number of hydrogen-bond acceptors (Lipinski definition) is 5. The van der Waals surface area contributed by atoms with Crippen LogP contribution in [0.15, 0.2) is 29.2 Å². The van der Waals surface area contributed by atoms with Crippen molar-refractivity contribution in [2.45, 2.75) is 63.4 Å². The van der Waals surface area contributed by atoms with Crippen LogP contribution in [0.1, 0.15) is 46.1 Å². The number of ketones is 1. The Bertz CT molecular complexity index is 655. The Morgan fingerprint density at radius 1 is 1.00 bits per heavy atom. The van der Waals surface area contributed by atoms with Gasteiger partial charge >= 0.3 is 10.1 Å². The van der Waals surface area contributed by atoms with Crippen molar-refractivity contribution in [2.24, 2.45) is 0 Å². The molecule has 6 heteroatoms.